The molecule has 0 unspecified atom stereocenters. The van der Waals surface area contributed by atoms with E-state index in [1.165, 1.54) is 6.42 Å². The summed E-state index contributed by atoms with van der Waals surface area (Å²) in [6, 6.07) is 6.10. The van der Waals surface area contributed by atoms with E-state index in [9.17, 15) is 13.2 Å². The number of hydrogen-bond donors (Lipinski definition) is 1. The first-order chi connectivity index (χ1) is 12.4. The number of benzene rings is 1. The fraction of sp³-hybridized carbons (Fsp3) is 0.650. The van der Waals surface area contributed by atoms with Crippen molar-refractivity contribution in [3.8, 4) is 0 Å². The molecule has 1 saturated carbocycles. The van der Waals surface area contributed by atoms with Crippen molar-refractivity contribution >= 4 is 21.4 Å². The van der Waals surface area contributed by atoms with E-state index in [1.54, 1.807) is 0 Å². The number of amides is 1. The van der Waals surface area contributed by atoms with Crippen LogP contribution in [0.4, 0.5) is 5.69 Å². The Labute approximate surface area is 157 Å². The summed E-state index contributed by atoms with van der Waals surface area (Å²) >= 11 is 0. The highest BCUT2D eigenvalue weighted by molar-refractivity contribution is 7.91. The highest BCUT2D eigenvalue weighted by Crippen LogP contribution is 2.28. The standard InChI is InChI=1S/C20H30N2O3S/c1-15-7-6-8-16(2)20(15)21-13-19(23)22(17-9-4-3-5-10-17)18-11-12-26(24,25)14-18/h6-8,17-18,21H,3-5,9-14H2,1-2H3/t18-/m0/s1. The smallest absolute Gasteiger partial charge is 0.242 e. The summed E-state index contributed by atoms with van der Waals surface area (Å²) in [5, 5.41) is 3.30. The van der Waals surface area contributed by atoms with Gasteiger partial charge < -0.3 is 10.2 Å². The maximum absolute atomic E-state index is 13.1. The van der Waals surface area contributed by atoms with Crippen molar-refractivity contribution in [3.05, 3.63) is 29.3 Å². The molecule has 6 heteroatoms. The van der Waals surface area contributed by atoms with Crippen LogP contribution < -0.4 is 5.32 Å². The molecule has 1 atom stereocenters. The molecule has 1 aliphatic heterocycles. The SMILES string of the molecule is Cc1cccc(C)c1NCC(=O)N(C1CCCCC1)[C@H]1CCS(=O)(=O)C1. The molecule has 2 aliphatic rings. The molecule has 2 fully saturated rings. The van der Waals surface area contributed by atoms with Crippen molar-refractivity contribution < 1.29 is 13.2 Å². The first kappa shape index (κ1) is 19.2. The van der Waals surface area contributed by atoms with Crippen LogP contribution in [0.2, 0.25) is 0 Å². The van der Waals surface area contributed by atoms with Crippen molar-refractivity contribution in [2.45, 2.75) is 64.5 Å². The molecule has 5 nitrogen and oxygen atoms in total. The van der Waals surface area contributed by atoms with Gasteiger partial charge in [0.1, 0.15) is 0 Å². The van der Waals surface area contributed by atoms with Gasteiger partial charge in [0.05, 0.1) is 18.1 Å². The molecular formula is C20H30N2O3S. The molecule has 0 bridgehead atoms. The second-order valence-electron chi connectivity index (χ2n) is 7.77. The number of carbonyl (C=O) groups is 1. The lowest BCUT2D eigenvalue weighted by Crippen LogP contribution is -2.50. The summed E-state index contributed by atoms with van der Waals surface area (Å²) in [4.78, 5) is 15.0. The van der Waals surface area contributed by atoms with Crippen LogP contribution in [0.5, 0.6) is 0 Å². The van der Waals surface area contributed by atoms with Crippen LogP contribution in [0.25, 0.3) is 0 Å². The van der Waals surface area contributed by atoms with E-state index in [0.29, 0.717) is 6.42 Å². The first-order valence-corrected chi connectivity index (χ1v) is 11.5. The molecule has 144 valence electrons. The molecule has 0 aromatic heterocycles. The van der Waals surface area contributed by atoms with E-state index < -0.39 is 9.84 Å². The Morgan fingerprint density at radius 3 is 2.31 bits per heavy atom. The number of hydrogen-bond acceptors (Lipinski definition) is 4. The van der Waals surface area contributed by atoms with Gasteiger partial charge in [0, 0.05) is 17.8 Å². The second kappa shape index (κ2) is 7.99. The summed E-state index contributed by atoms with van der Waals surface area (Å²) in [6.45, 7) is 4.28. The van der Waals surface area contributed by atoms with Gasteiger partial charge in [-0.3, -0.25) is 4.79 Å². The van der Waals surface area contributed by atoms with E-state index >= 15 is 0 Å². The Morgan fingerprint density at radius 1 is 1.08 bits per heavy atom. The van der Waals surface area contributed by atoms with E-state index in [0.717, 1.165) is 42.5 Å². The average molecular weight is 379 g/mol. The molecule has 26 heavy (non-hydrogen) atoms. The van der Waals surface area contributed by atoms with E-state index in [2.05, 4.69) is 5.32 Å². The molecule has 3 rings (SSSR count). The Hall–Kier alpha value is -1.56. The van der Waals surface area contributed by atoms with Crippen LogP contribution in [0.15, 0.2) is 18.2 Å². The van der Waals surface area contributed by atoms with Crippen LogP contribution in [0.3, 0.4) is 0 Å². The van der Waals surface area contributed by atoms with Gasteiger partial charge in [0.25, 0.3) is 0 Å². The molecular weight excluding hydrogens is 348 g/mol. The number of aryl methyl sites for hydroxylation is 2. The Kier molecular flexibility index (Phi) is 5.90. The summed E-state index contributed by atoms with van der Waals surface area (Å²) in [5.74, 6) is 0.360. The monoisotopic (exact) mass is 378 g/mol. The number of nitrogens with one attached hydrogen (secondary N) is 1. The second-order valence-corrected chi connectivity index (χ2v) is 10.00. The van der Waals surface area contributed by atoms with Gasteiger partial charge in [-0.1, -0.05) is 37.5 Å². The Balaban J connectivity index is 1.74. The molecule has 0 radical (unpaired) electrons. The molecule has 1 heterocycles. The third kappa shape index (κ3) is 4.40. The predicted octanol–water partition coefficient (Wildman–Crippen LogP) is 3.06. The first-order valence-electron chi connectivity index (χ1n) is 9.69. The maximum atomic E-state index is 13.1. The quantitative estimate of drug-likeness (QED) is 0.855. The topological polar surface area (TPSA) is 66.5 Å². The van der Waals surface area contributed by atoms with Gasteiger partial charge in [-0.15, -0.1) is 0 Å². The van der Waals surface area contributed by atoms with Gasteiger partial charge >= 0.3 is 0 Å². The summed E-state index contributed by atoms with van der Waals surface area (Å²) in [6.07, 6.45) is 6.02. The highest BCUT2D eigenvalue weighted by atomic mass is 32.2. The minimum Gasteiger partial charge on any atom is -0.376 e. The van der Waals surface area contributed by atoms with Crippen LogP contribution in [0.1, 0.15) is 49.7 Å². The number of rotatable bonds is 5. The lowest BCUT2D eigenvalue weighted by Gasteiger charge is -2.38. The maximum Gasteiger partial charge on any atom is 0.242 e. The molecule has 1 aromatic rings. The zero-order valence-electron chi connectivity index (χ0n) is 15.8. The number of nitrogens with zero attached hydrogens (tertiary/aromatic N) is 1. The van der Waals surface area contributed by atoms with Crippen molar-refractivity contribution in [1.82, 2.24) is 4.90 Å². The largest absolute Gasteiger partial charge is 0.376 e. The molecule has 1 amide bonds. The lowest BCUT2D eigenvalue weighted by atomic mass is 9.93. The van der Waals surface area contributed by atoms with Crippen LogP contribution in [-0.4, -0.2) is 49.4 Å². The van der Waals surface area contributed by atoms with Gasteiger partial charge in [-0.05, 0) is 44.2 Å². The van der Waals surface area contributed by atoms with E-state index in [1.807, 2.05) is 36.9 Å². The van der Waals surface area contributed by atoms with Crippen molar-refractivity contribution in [1.29, 1.82) is 0 Å². The molecule has 0 spiro atoms. The molecule has 1 aliphatic carbocycles. The number of sulfone groups is 1. The fourth-order valence-corrected chi connectivity index (χ4v) is 6.12. The Morgan fingerprint density at radius 2 is 1.73 bits per heavy atom. The van der Waals surface area contributed by atoms with E-state index in [-0.39, 0.29) is 36.0 Å². The van der Waals surface area contributed by atoms with Crippen LogP contribution >= 0.6 is 0 Å². The Bertz CT molecular complexity index is 734. The van der Waals surface area contributed by atoms with E-state index in [4.69, 9.17) is 0 Å². The summed E-state index contributed by atoms with van der Waals surface area (Å²) < 4.78 is 23.9. The van der Waals surface area contributed by atoms with Gasteiger partial charge in [-0.25, -0.2) is 8.42 Å². The predicted molar refractivity (Wildman–Crippen MR) is 105 cm³/mol. The molecule has 1 aromatic carbocycles. The van der Waals surface area contributed by atoms with Gasteiger partial charge in [0.15, 0.2) is 9.84 Å². The van der Waals surface area contributed by atoms with Crippen molar-refractivity contribution in [2.24, 2.45) is 0 Å². The molecule has 1 saturated heterocycles. The minimum atomic E-state index is -3.01. The highest BCUT2D eigenvalue weighted by Gasteiger charge is 2.38. The minimum absolute atomic E-state index is 0.0293. The van der Waals surface area contributed by atoms with Crippen molar-refractivity contribution in [2.75, 3.05) is 23.4 Å². The van der Waals surface area contributed by atoms with Crippen LogP contribution in [-0.2, 0) is 14.6 Å². The third-order valence-corrected chi connectivity index (χ3v) is 7.51. The average Bonchev–Trinajstić information content (AvgIpc) is 2.95. The zero-order valence-corrected chi connectivity index (χ0v) is 16.6. The summed E-state index contributed by atoms with van der Waals surface area (Å²) in [5.41, 5.74) is 3.24. The number of carbonyl (C=O) groups excluding carboxylic acids is 1. The number of anilines is 1. The lowest BCUT2D eigenvalue weighted by molar-refractivity contribution is -0.134. The zero-order chi connectivity index (χ0) is 18.7. The fourth-order valence-electron chi connectivity index (χ4n) is 4.41. The van der Waals surface area contributed by atoms with Crippen molar-refractivity contribution in [3.63, 3.8) is 0 Å². The third-order valence-electron chi connectivity index (χ3n) is 5.76. The van der Waals surface area contributed by atoms with Crippen LogP contribution in [0, 0.1) is 13.8 Å². The molecule has 1 N–H and O–H groups in total. The normalized spacial score (nSPS) is 22.9. The van der Waals surface area contributed by atoms with Gasteiger partial charge in [-0.2, -0.15) is 0 Å². The summed E-state index contributed by atoms with van der Waals surface area (Å²) in [7, 11) is -3.01. The van der Waals surface area contributed by atoms with Gasteiger partial charge in [0.2, 0.25) is 5.91 Å². The number of para-hydroxylation sites is 1.